The van der Waals surface area contributed by atoms with Crippen molar-refractivity contribution >= 4 is 5.69 Å². The number of nitro groups is 1. The predicted octanol–water partition coefficient (Wildman–Crippen LogP) is 3.37. The first-order chi connectivity index (χ1) is 9.56. The number of rotatable bonds is 9. The lowest BCUT2D eigenvalue weighted by Crippen LogP contribution is -2.21. The van der Waals surface area contributed by atoms with Crippen LogP contribution in [0.5, 0.6) is 0 Å². The van der Waals surface area contributed by atoms with Gasteiger partial charge in [0, 0.05) is 30.9 Å². The summed E-state index contributed by atoms with van der Waals surface area (Å²) >= 11 is 0. The van der Waals surface area contributed by atoms with Crippen molar-refractivity contribution in [2.75, 3.05) is 19.8 Å². The summed E-state index contributed by atoms with van der Waals surface area (Å²) in [5.74, 6) is 0. The summed E-state index contributed by atoms with van der Waals surface area (Å²) in [6.45, 7) is 8.25. The highest BCUT2D eigenvalue weighted by Gasteiger charge is 2.13. The van der Waals surface area contributed by atoms with Gasteiger partial charge in [0.2, 0.25) is 0 Å². The van der Waals surface area contributed by atoms with E-state index >= 15 is 0 Å². The molecule has 1 aromatic carbocycles. The fourth-order valence-corrected chi connectivity index (χ4v) is 1.95. The molecule has 0 bridgehead atoms. The Morgan fingerprint density at radius 3 is 2.80 bits per heavy atom. The molecule has 5 heteroatoms. The monoisotopic (exact) mass is 280 g/mol. The lowest BCUT2D eigenvalue weighted by molar-refractivity contribution is -0.385. The minimum absolute atomic E-state index is 0.0977. The number of benzene rings is 1. The minimum Gasteiger partial charge on any atom is -0.381 e. The Hall–Kier alpha value is -1.46. The maximum atomic E-state index is 10.9. The van der Waals surface area contributed by atoms with E-state index in [-0.39, 0.29) is 16.7 Å². The Morgan fingerprint density at radius 2 is 2.15 bits per heavy atom. The molecule has 112 valence electrons. The molecule has 20 heavy (non-hydrogen) atoms. The standard InChI is InChI=1S/C15H24N2O3/c1-4-9-20-10-5-8-16-13(3)14-7-6-12(2)15(11-14)17(18)19/h6-7,11,13,16H,4-5,8-10H2,1-3H3. The van der Waals surface area contributed by atoms with Gasteiger partial charge in [-0.05, 0) is 38.8 Å². The molecule has 1 rings (SSSR count). The van der Waals surface area contributed by atoms with E-state index in [4.69, 9.17) is 4.74 Å². The van der Waals surface area contributed by atoms with E-state index in [1.165, 1.54) is 0 Å². The third-order valence-corrected chi connectivity index (χ3v) is 3.19. The normalized spacial score (nSPS) is 12.3. The summed E-state index contributed by atoms with van der Waals surface area (Å²) < 4.78 is 5.41. The fraction of sp³-hybridized carbons (Fsp3) is 0.600. The number of hydrogen-bond donors (Lipinski definition) is 1. The van der Waals surface area contributed by atoms with Gasteiger partial charge in [-0.25, -0.2) is 0 Å². The number of nitro benzene ring substituents is 1. The molecular weight excluding hydrogens is 256 g/mol. The van der Waals surface area contributed by atoms with Crippen LogP contribution in [0.15, 0.2) is 18.2 Å². The smallest absolute Gasteiger partial charge is 0.272 e. The molecule has 0 aliphatic carbocycles. The zero-order valence-electron chi connectivity index (χ0n) is 12.5. The Balaban J connectivity index is 2.45. The highest BCUT2D eigenvalue weighted by molar-refractivity contribution is 5.43. The van der Waals surface area contributed by atoms with Crippen LogP contribution in [0.2, 0.25) is 0 Å². The molecule has 1 aromatic rings. The van der Waals surface area contributed by atoms with Gasteiger partial charge in [-0.3, -0.25) is 10.1 Å². The molecule has 0 amide bonds. The Kier molecular flexibility index (Phi) is 7.18. The van der Waals surface area contributed by atoms with Gasteiger partial charge in [-0.1, -0.05) is 19.1 Å². The van der Waals surface area contributed by atoms with Gasteiger partial charge in [0.1, 0.15) is 0 Å². The summed E-state index contributed by atoms with van der Waals surface area (Å²) in [5, 5.41) is 14.3. The molecule has 0 fully saturated rings. The van der Waals surface area contributed by atoms with E-state index < -0.39 is 0 Å². The van der Waals surface area contributed by atoms with Gasteiger partial charge in [0.05, 0.1) is 4.92 Å². The lowest BCUT2D eigenvalue weighted by Gasteiger charge is -2.14. The summed E-state index contributed by atoms with van der Waals surface area (Å²) in [5.41, 5.74) is 1.82. The van der Waals surface area contributed by atoms with Crippen LogP contribution in [0.3, 0.4) is 0 Å². The van der Waals surface area contributed by atoms with Crippen LogP contribution in [0.1, 0.15) is 43.9 Å². The molecule has 0 spiro atoms. The summed E-state index contributed by atoms with van der Waals surface area (Å²) in [7, 11) is 0. The fourth-order valence-electron chi connectivity index (χ4n) is 1.95. The van der Waals surface area contributed by atoms with E-state index in [1.807, 2.05) is 13.0 Å². The van der Waals surface area contributed by atoms with Crippen LogP contribution in [0, 0.1) is 17.0 Å². The molecular formula is C15H24N2O3. The van der Waals surface area contributed by atoms with Gasteiger partial charge in [0.25, 0.3) is 5.69 Å². The van der Waals surface area contributed by atoms with E-state index in [9.17, 15) is 10.1 Å². The number of aryl methyl sites for hydroxylation is 1. The second-order valence-corrected chi connectivity index (χ2v) is 4.94. The van der Waals surface area contributed by atoms with Crippen LogP contribution in [-0.4, -0.2) is 24.7 Å². The van der Waals surface area contributed by atoms with Crippen molar-refractivity contribution in [2.45, 2.75) is 39.7 Å². The molecule has 0 aromatic heterocycles. The van der Waals surface area contributed by atoms with Gasteiger partial charge in [0.15, 0.2) is 0 Å². The Labute approximate surface area is 120 Å². The van der Waals surface area contributed by atoms with E-state index in [0.29, 0.717) is 5.56 Å². The number of hydrogen-bond acceptors (Lipinski definition) is 4. The van der Waals surface area contributed by atoms with Crippen LogP contribution < -0.4 is 5.32 Å². The van der Waals surface area contributed by atoms with Crippen LogP contribution in [0.4, 0.5) is 5.69 Å². The van der Waals surface area contributed by atoms with Gasteiger partial charge in [-0.15, -0.1) is 0 Å². The predicted molar refractivity (Wildman–Crippen MR) is 80.0 cm³/mol. The molecule has 0 saturated carbocycles. The molecule has 5 nitrogen and oxygen atoms in total. The molecule has 0 aliphatic heterocycles. The SMILES string of the molecule is CCCOCCCNC(C)c1ccc(C)c([N+](=O)[O-])c1. The average Bonchev–Trinajstić information content (AvgIpc) is 2.42. The zero-order chi connectivity index (χ0) is 15.0. The van der Waals surface area contributed by atoms with Crippen molar-refractivity contribution in [3.05, 3.63) is 39.4 Å². The molecule has 0 saturated heterocycles. The van der Waals surface area contributed by atoms with Crippen LogP contribution in [0.25, 0.3) is 0 Å². The number of nitrogens with zero attached hydrogens (tertiary/aromatic N) is 1. The molecule has 0 aliphatic rings. The van der Waals surface area contributed by atoms with Crippen LogP contribution in [-0.2, 0) is 4.74 Å². The topological polar surface area (TPSA) is 64.4 Å². The van der Waals surface area contributed by atoms with Crippen molar-refractivity contribution < 1.29 is 9.66 Å². The first-order valence-corrected chi connectivity index (χ1v) is 7.12. The first kappa shape index (κ1) is 16.6. The average molecular weight is 280 g/mol. The highest BCUT2D eigenvalue weighted by Crippen LogP contribution is 2.23. The van der Waals surface area contributed by atoms with E-state index in [2.05, 4.69) is 12.2 Å². The third-order valence-electron chi connectivity index (χ3n) is 3.19. The summed E-state index contributed by atoms with van der Waals surface area (Å²) in [6, 6.07) is 5.49. The largest absolute Gasteiger partial charge is 0.381 e. The molecule has 0 heterocycles. The quantitative estimate of drug-likeness (QED) is 0.428. The van der Waals surface area contributed by atoms with Crippen molar-refractivity contribution in [1.82, 2.24) is 5.32 Å². The van der Waals surface area contributed by atoms with Crippen molar-refractivity contribution in [1.29, 1.82) is 0 Å². The Morgan fingerprint density at radius 1 is 1.40 bits per heavy atom. The van der Waals surface area contributed by atoms with Crippen molar-refractivity contribution in [3.8, 4) is 0 Å². The number of ether oxygens (including phenoxy) is 1. The second kappa shape index (κ2) is 8.66. The highest BCUT2D eigenvalue weighted by atomic mass is 16.6. The van der Waals surface area contributed by atoms with Crippen LogP contribution >= 0.6 is 0 Å². The van der Waals surface area contributed by atoms with Crippen molar-refractivity contribution in [2.24, 2.45) is 0 Å². The summed E-state index contributed by atoms with van der Waals surface area (Å²) in [6.07, 6.45) is 1.98. The number of nitrogens with one attached hydrogen (secondary N) is 1. The Bertz CT molecular complexity index is 435. The van der Waals surface area contributed by atoms with E-state index in [1.54, 1.807) is 19.1 Å². The molecule has 1 atom stereocenters. The third kappa shape index (κ3) is 5.27. The summed E-state index contributed by atoms with van der Waals surface area (Å²) in [4.78, 5) is 10.6. The maximum Gasteiger partial charge on any atom is 0.272 e. The van der Waals surface area contributed by atoms with Crippen molar-refractivity contribution in [3.63, 3.8) is 0 Å². The zero-order valence-corrected chi connectivity index (χ0v) is 12.5. The maximum absolute atomic E-state index is 10.9. The second-order valence-electron chi connectivity index (χ2n) is 4.94. The molecule has 0 radical (unpaired) electrons. The first-order valence-electron chi connectivity index (χ1n) is 7.12. The van der Waals surface area contributed by atoms with E-state index in [0.717, 1.165) is 38.2 Å². The van der Waals surface area contributed by atoms with Gasteiger partial charge >= 0.3 is 0 Å². The molecule has 1 N–H and O–H groups in total. The van der Waals surface area contributed by atoms with Gasteiger partial charge < -0.3 is 10.1 Å². The molecule has 1 unspecified atom stereocenters. The minimum atomic E-state index is -0.329. The van der Waals surface area contributed by atoms with Gasteiger partial charge in [-0.2, -0.15) is 0 Å². The lowest BCUT2D eigenvalue weighted by atomic mass is 10.0.